The molecule has 1 aliphatic heterocycles. The van der Waals surface area contributed by atoms with Gasteiger partial charge >= 0.3 is 0 Å². The number of hydrogen-bond donors (Lipinski definition) is 1. The van der Waals surface area contributed by atoms with Crippen LogP contribution in [0.2, 0.25) is 0 Å². The predicted molar refractivity (Wildman–Crippen MR) is 69.5 cm³/mol. The summed E-state index contributed by atoms with van der Waals surface area (Å²) in [6, 6.07) is 0.425. The van der Waals surface area contributed by atoms with Crippen molar-refractivity contribution in [3.63, 3.8) is 0 Å². The Labute approximate surface area is 105 Å². The molecule has 0 bridgehead atoms. The third-order valence-corrected chi connectivity index (χ3v) is 5.21. The SMILES string of the molecule is CCCC1NC(C)N(C2C(C)(C)C2(C)C)C1=O. The van der Waals surface area contributed by atoms with E-state index in [0.717, 1.165) is 12.8 Å². The highest BCUT2D eigenvalue weighted by molar-refractivity contribution is 5.85. The topological polar surface area (TPSA) is 32.3 Å². The van der Waals surface area contributed by atoms with E-state index < -0.39 is 0 Å². The van der Waals surface area contributed by atoms with E-state index in [9.17, 15) is 4.79 Å². The Balaban J connectivity index is 2.16. The first-order chi connectivity index (χ1) is 7.75. The second-order valence-corrected chi connectivity index (χ2v) is 6.78. The number of carbonyl (C=O) groups is 1. The summed E-state index contributed by atoms with van der Waals surface area (Å²) in [5.41, 5.74) is 0.472. The van der Waals surface area contributed by atoms with Gasteiger partial charge in [-0.15, -0.1) is 0 Å². The number of rotatable bonds is 3. The van der Waals surface area contributed by atoms with E-state index in [2.05, 4.69) is 51.8 Å². The lowest BCUT2D eigenvalue weighted by Crippen LogP contribution is -2.39. The van der Waals surface area contributed by atoms with Gasteiger partial charge in [-0.1, -0.05) is 41.0 Å². The molecular weight excluding hydrogens is 212 g/mol. The third-order valence-electron chi connectivity index (χ3n) is 5.21. The van der Waals surface area contributed by atoms with E-state index in [-0.39, 0.29) is 23.0 Å². The predicted octanol–water partition coefficient (Wildman–Crippen LogP) is 2.37. The summed E-state index contributed by atoms with van der Waals surface area (Å²) >= 11 is 0. The zero-order valence-electron chi connectivity index (χ0n) is 12.0. The number of nitrogens with one attached hydrogen (secondary N) is 1. The summed E-state index contributed by atoms with van der Waals surface area (Å²) in [4.78, 5) is 14.5. The molecule has 2 aliphatic rings. The highest BCUT2D eigenvalue weighted by atomic mass is 16.2. The van der Waals surface area contributed by atoms with Crippen molar-refractivity contribution in [1.29, 1.82) is 0 Å². The maximum absolute atomic E-state index is 12.4. The van der Waals surface area contributed by atoms with Gasteiger partial charge in [0.2, 0.25) is 5.91 Å². The molecule has 1 N–H and O–H groups in total. The van der Waals surface area contributed by atoms with Crippen molar-refractivity contribution in [2.75, 3.05) is 0 Å². The molecule has 0 aromatic carbocycles. The molecule has 98 valence electrons. The Bertz CT molecular complexity index is 321. The minimum atomic E-state index is 0.0437. The molecule has 3 nitrogen and oxygen atoms in total. The molecule has 1 heterocycles. The van der Waals surface area contributed by atoms with E-state index >= 15 is 0 Å². The summed E-state index contributed by atoms with van der Waals surface area (Å²) in [5, 5.41) is 3.43. The van der Waals surface area contributed by atoms with Crippen LogP contribution in [-0.2, 0) is 4.79 Å². The van der Waals surface area contributed by atoms with Crippen LogP contribution < -0.4 is 5.32 Å². The van der Waals surface area contributed by atoms with Crippen molar-refractivity contribution < 1.29 is 4.79 Å². The molecule has 2 atom stereocenters. The zero-order valence-corrected chi connectivity index (χ0v) is 12.0. The fraction of sp³-hybridized carbons (Fsp3) is 0.929. The fourth-order valence-electron chi connectivity index (χ4n) is 3.52. The van der Waals surface area contributed by atoms with Gasteiger partial charge in [0.05, 0.1) is 12.2 Å². The molecule has 2 unspecified atom stereocenters. The van der Waals surface area contributed by atoms with Crippen LogP contribution >= 0.6 is 0 Å². The van der Waals surface area contributed by atoms with Crippen LogP contribution in [-0.4, -0.2) is 29.1 Å². The summed E-state index contributed by atoms with van der Waals surface area (Å²) in [5.74, 6) is 0.308. The van der Waals surface area contributed by atoms with E-state index in [1.165, 1.54) is 0 Å². The number of hydrogen-bond acceptors (Lipinski definition) is 2. The van der Waals surface area contributed by atoms with Gasteiger partial charge in [-0.05, 0) is 24.2 Å². The maximum Gasteiger partial charge on any atom is 0.241 e. The summed E-state index contributed by atoms with van der Waals surface area (Å²) < 4.78 is 0. The van der Waals surface area contributed by atoms with Gasteiger partial charge in [-0.2, -0.15) is 0 Å². The highest BCUT2D eigenvalue weighted by Gasteiger charge is 2.69. The molecule has 0 aromatic heterocycles. The van der Waals surface area contributed by atoms with Crippen LogP contribution in [0.3, 0.4) is 0 Å². The third kappa shape index (κ3) is 1.62. The van der Waals surface area contributed by atoms with Gasteiger partial charge in [0.1, 0.15) is 0 Å². The van der Waals surface area contributed by atoms with Crippen molar-refractivity contribution in [3.8, 4) is 0 Å². The van der Waals surface area contributed by atoms with Crippen molar-refractivity contribution in [3.05, 3.63) is 0 Å². The first-order valence-corrected chi connectivity index (χ1v) is 6.83. The standard InChI is InChI=1S/C14H26N2O/c1-7-8-10-11(17)16(9(2)15-10)12-13(3,4)14(12,5)6/h9-10,12,15H,7-8H2,1-6H3. The molecule has 2 rings (SSSR count). The van der Waals surface area contributed by atoms with Crippen molar-refractivity contribution in [2.45, 2.75) is 72.6 Å². The van der Waals surface area contributed by atoms with Crippen LogP contribution in [0.4, 0.5) is 0 Å². The van der Waals surface area contributed by atoms with Crippen molar-refractivity contribution in [2.24, 2.45) is 10.8 Å². The van der Waals surface area contributed by atoms with E-state index in [1.54, 1.807) is 0 Å². The Hall–Kier alpha value is -0.570. The minimum Gasteiger partial charge on any atom is -0.322 e. The van der Waals surface area contributed by atoms with Gasteiger partial charge in [0, 0.05) is 6.04 Å². The van der Waals surface area contributed by atoms with E-state index in [4.69, 9.17) is 0 Å². The molecule has 2 fully saturated rings. The van der Waals surface area contributed by atoms with Crippen molar-refractivity contribution in [1.82, 2.24) is 10.2 Å². The molecule has 1 amide bonds. The normalized spacial score (nSPS) is 35.4. The Morgan fingerprint density at radius 2 is 1.76 bits per heavy atom. The molecule has 1 saturated carbocycles. The Kier molecular flexibility index (Phi) is 2.81. The van der Waals surface area contributed by atoms with Crippen LogP contribution in [0.15, 0.2) is 0 Å². The van der Waals surface area contributed by atoms with Crippen LogP contribution in [0.5, 0.6) is 0 Å². The molecule has 0 radical (unpaired) electrons. The Morgan fingerprint density at radius 1 is 1.24 bits per heavy atom. The quantitative estimate of drug-likeness (QED) is 0.818. The molecule has 1 aliphatic carbocycles. The van der Waals surface area contributed by atoms with Gasteiger partial charge in [0.15, 0.2) is 0 Å². The number of nitrogens with zero attached hydrogens (tertiary/aromatic N) is 1. The van der Waals surface area contributed by atoms with E-state index in [1.807, 2.05) is 0 Å². The molecule has 0 spiro atoms. The van der Waals surface area contributed by atoms with Gasteiger partial charge in [-0.3, -0.25) is 10.1 Å². The Morgan fingerprint density at radius 3 is 2.18 bits per heavy atom. The largest absolute Gasteiger partial charge is 0.322 e. The molecule has 3 heteroatoms. The smallest absolute Gasteiger partial charge is 0.241 e. The molecule has 1 saturated heterocycles. The van der Waals surface area contributed by atoms with Crippen LogP contribution in [0.1, 0.15) is 54.4 Å². The summed E-state index contributed by atoms with van der Waals surface area (Å²) in [6.45, 7) is 13.3. The van der Waals surface area contributed by atoms with E-state index in [0.29, 0.717) is 11.9 Å². The van der Waals surface area contributed by atoms with Gasteiger partial charge < -0.3 is 4.90 Å². The zero-order chi connectivity index (χ0) is 13.0. The molecule has 17 heavy (non-hydrogen) atoms. The average Bonchev–Trinajstić information content (AvgIpc) is 2.47. The number of amides is 1. The van der Waals surface area contributed by atoms with Crippen LogP contribution in [0.25, 0.3) is 0 Å². The van der Waals surface area contributed by atoms with Crippen LogP contribution in [0, 0.1) is 10.8 Å². The lowest BCUT2D eigenvalue weighted by Gasteiger charge is -2.23. The first kappa shape index (κ1) is 12.9. The number of carbonyl (C=O) groups excluding carboxylic acids is 1. The fourth-order valence-corrected chi connectivity index (χ4v) is 3.52. The first-order valence-electron chi connectivity index (χ1n) is 6.83. The average molecular weight is 238 g/mol. The van der Waals surface area contributed by atoms with Gasteiger partial charge in [0.25, 0.3) is 0 Å². The lowest BCUT2D eigenvalue weighted by molar-refractivity contribution is -0.131. The monoisotopic (exact) mass is 238 g/mol. The molecular formula is C14H26N2O. The highest BCUT2D eigenvalue weighted by Crippen LogP contribution is 2.65. The summed E-state index contributed by atoms with van der Waals surface area (Å²) in [6.07, 6.45) is 2.19. The second-order valence-electron chi connectivity index (χ2n) is 6.78. The minimum absolute atomic E-state index is 0.0437. The second kappa shape index (κ2) is 3.71. The summed E-state index contributed by atoms with van der Waals surface area (Å²) in [7, 11) is 0. The lowest BCUT2D eigenvalue weighted by atomic mass is 10.0. The molecule has 0 aromatic rings. The maximum atomic E-state index is 12.4. The van der Waals surface area contributed by atoms with Crippen molar-refractivity contribution >= 4 is 5.91 Å². The van der Waals surface area contributed by atoms with Gasteiger partial charge in [-0.25, -0.2) is 0 Å².